The molecule has 1 aromatic carbocycles. The summed E-state index contributed by atoms with van der Waals surface area (Å²) in [5.74, 6) is 1.84. The van der Waals surface area contributed by atoms with E-state index in [1.165, 1.54) is 12.1 Å². The van der Waals surface area contributed by atoms with Crippen LogP contribution in [0.15, 0.2) is 24.3 Å². The van der Waals surface area contributed by atoms with Gasteiger partial charge in [0, 0.05) is 12.1 Å². The van der Waals surface area contributed by atoms with Crippen molar-refractivity contribution in [3.05, 3.63) is 35.9 Å². The Bertz CT molecular complexity index is 537. The molecule has 3 nitrogen and oxygen atoms in total. The van der Waals surface area contributed by atoms with E-state index in [4.69, 9.17) is 11.6 Å². The summed E-state index contributed by atoms with van der Waals surface area (Å²) < 4.78 is 15.2. The van der Waals surface area contributed by atoms with Crippen LogP contribution in [0.25, 0.3) is 11.4 Å². The van der Waals surface area contributed by atoms with Gasteiger partial charge in [-0.3, -0.25) is 0 Å². The van der Waals surface area contributed by atoms with Crippen LogP contribution in [-0.2, 0) is 12.4 Å². The molecule has 5 heteroatoms. The largest absolute Gasteiger partial charge is 0.310 e. The van der Waals surface area contributed by atoms with Crippen LogP contribution in [-0.4, -0.2) is 14.8 Å². The van der Waals surface area contributed by atoms with E-state index in [9.17, 15) is 4.39 Å². The lowest BCUT2D eigenvalue weighted by Crippen LogP contribution is -2.09. The molecular weight excluding hydrogens is 253 g/mol. The quantitative estimate of drug-likeness (QED) is 0.794. The summed E-state index contributed by atoms with van der Waals surface area (Å²) in [5.41, 5.74) is 0.722. The minimum Gasteiger partial charge on any atom is -0.310 e. The van der Waals surface area contributed by atoms with Crippen molar-refractivity contribution in [1.29, 1.82) is 0 Å². The SMILES string of the molecule is CC(C)Cn1c(CCl)nnc1-c1cccc(F)c1. The molecule has 0 unspecified atom stereocenters. The maximum atomic E-state index is 13.3. The molecule has 0 saturated heterocycles. The molecule has 0 radical (unpaired) electrons. The van der Waals surface area contributed by atoms with Gasteiger partial charge in [0.15, 0.2) is 5.82 Å². The van der Waals surface area contributed by atoms with Crippen molar-refractivity contribution in [2.75, 3.05) is 0 Å². The summed E-state index contributed by atoms with van der Waals surface area (Å²) in [6, 6.07) is 6.36. The van der Waals surface area contributed by atoms with Crippen molar-refractivity contribution in [2.24, 2.45) is 5.92 Å². The van der Waals surface area contributed by atoms with Crippen LogP contribution in [0.2, 0.25) is 0 Å². The topological polar surface area (TPSA) is 30.7 Å². The average molecular weight is 268 g/mol. The normalized spacial score (nSPS) is 11.2. The zero-order valence-corrected chi connectivity index (χ0v) is 11.2. The Hall–Kier alpha value is -1.42. The van der Waals surface area contributed by atoms with Gasteiger partial charge in [-0.15, -0.1) is 21.8 Å². The lowest BCUT2D eigenvalue weighted by atomic mass is 10.2. The summed E-state index contributed by atoms with van der Waals surface area (Å²) in [6.07, 6.45) is 0. The van der Waals surface area contributed by atoms with E-state index >= 15 is 0 Å². The maximum absolute atomic E-state index is 13.3. The Morgan fingerprint density at radius 1 is 1.33 bits per heavy atom. The molecule has 2 aromatic rings. The number of rotatable bonds is 4. The van der Waals surface area contributed by atoms with Crippen LogP contribution < -0.4 is 0 Å². The van der Waals surface area contributed by atoms with Gasteiger partial charge < -0.3 is 4.57 Å². The maximum Gasteiger partial charge on any atom is 0.164 e. The van der Waals surface area contributed by atoms with Crippen molar-refractivity contribution >= 4 is 11.6 Å². The third-order valence-electron chi connectivity index (χ3n) is 2.58. The molecule has 2 rings (SSSR count). The van der Waals surface area contributed by atoms with Crippen LogP contribution in [0.4, 0.5) is 4.39 Å². The number of alkyl halides is 1. The number of nitrogens with zero attached hydrogens (tertiary/aromatic N) is 3. The van der Waals surface area contributed by atoms with Crippen LogP contribution >= 0.6 is 11.6 Å². The van der Waals surface area contributed by atoms with E-state index < -0.39 is 0 Å². The zero-order chi connectivity index (χ0) is 13.1. The van der Waals surface area contributed by atoms with Crippen molar-refractivity contribution < 1.29 is 4.39 Å². The van der Waals surface area contributed by atoms with Gasteiger partial charge >= 0.3 is 0 Å². The fourth-order valence-corrected chi connectivity index (χ4v) is 2.03. The first-order valence-electron chi connectivity index (χ1n) is 5.85. The van der Waals surface area contributed by atoms with E-state index in [1.54, 1.807) is 6.07 Å². The van der Waals surface area contributed by atoms with Gasteiger partial charge in [0.2, 0.25) is 0 Å². The average Bonchev–Trinajstić information content (AvgIpc) is 2.71. The Morgan fingerprint density at radius 3 is 2.72 bits per heavy atom. The highest BCUT2D eigenvalue weighted by molar-refractivity contribution is 6.16. The molecule has 96 valence electrons. The fourth-order valence-electron chi connectivity index (χ4n) is 1.83. The summed E-state index contributed by atoms with van der Waals surface area (Å²) in [6.45, 7) is 4.97. The molecule has 0 fully saturated rings. The van der Waals surface area contributed by atoms with E-state index in [2.05, 4.69) is 24.0 Å². The molecule has 0 N–H and O–H groups in total. The van der Waals surface area contributed by atoms with Crippen LogP contribution in [0, 0.1) is 11.7 Å². The van der Waals surface area contributed by atoms with Crippen LogP contribution in [0.1, 0.15) is 19.7 Å². The van der Waals surface area contributed by atoms with E-state index in [1.807, 2.05) is 10.6 Å². The molecule has 1 heterocycles. The number of benzene rings is 1. The molecule has 1 aromatic heterocycles. The Balaban J connectivity index is 2.47. The second-order valence-corrected chi connectivity index (χ2v) is 4.86. The predicted molar refractivity (Wildman–Crippen MR) is 69.8 cm³/mol. The summed E-state index contributed by atoms with van der Waals surface area (Å²) >= 11 is 5.85. The lowest BCUT2D eigenvalue weighted by molar-refractivity contribution is 0.515. The molecular formula is C13H15ClFN3. The third-order valence-corrected chi connectivity index (χ3v) is 2.82. The third kappa shape index (κ3) is 2.70. The summed E-state index contributed by atoms with van der Waals surface area (Å²) in [5, 5.41) is 8.17. The Labute approximate surface area is 111 Å². The Morgan fingerprint density at radius 2 is 2.11 bits per heavy atom. The molecule has 0 saturated carbocycles. The smallest absolute Gasteiger partial charge is 0.164 e. The molecule has 0 aliphatic heterocycles. The van der Waals surface area contributed by atoms with E-state index in [0.29, 0.717) is 23.4 Å². The first kappa shape index (κ1) is 13.0. The van der Waals surface area contributed by atoms with Gasteiger partial charge in [-0.1, -0.05) is 26.0 Å². The predicted octanol–water partition coefficient (Wildman–Crippen LogP) is 3.48. The first-order chi connectivity index (χ1) is 8.61. The van der Waals surface area contributed by atoms with Crippen molar-refractivity contribution in [1.82, 2.24) is 14.8 Å². The molecule has 0 atom stereocenters. The minimum absolute atomic E-state index is 0.279. The fraction of sp³-hybridized carbons (Fsp3) is 0.385. The van der Waals surface area contributed by atoms with Gasteiger partial charge in [0.25, 0.3) is 0 Å². The molecule has 0 spiro atoms. The number of halogens is 2. The second kappa shape index (κ2) is 5.48. The number of hydrogen-bond donors (Lipinski definition) is 0. The standard InChI is InChI=1S/C13H15ClFN3/c1-9(2)8-18-12(7-14)16-17-13(18)10-4-3-5-11(15)6-10/h3-6,9H,7-8H2,1-2H3. The second-order valence-electron chi connectivity index (χ2n) is 4.59. The molecule has 0 aliphatic carbocycles. The molecule has 18 heavy (non-hydrogen) atoms. The lowest BCUT2D eigenvalue weighted by Gasteiger charge is -2.11. The monoisotopic (exact) mass is 267 g/mol. The van der Waals surface area contributed by atoms with E-state index in [-0.39, 0.29) is 5.82 Å². The van der Waals surface area contributed by atoms with Crippen molar-refractivity contribution in [3.63, 3.8) is 0 Å². The number of aromatic nitrogens is 3. The van der Waals surface area contributed by atoms with Crippen molar-refractivity contribution in [2.45, 2.75) is 26.3 Å². The summed E-state index contributed by atoms with van der Waals surface area (Å²) in [7, 11) is 0. The molecule has 0 aliphatic rings. The highest BCUT2D eigenvalue weighted by Gasteiger charge is 2.14. The number of hydrogen-bond acceptors (Lipinski definition) is 2. The van der Waals surface area contributed by atoms with Gasteiger partial charge in [-0.2, -0.15) is 0 Å². The molecule has 0 amide bonds. The van der Waals surface area contributed by atoms with Crippen molar-refractivity contribution in [3.8, 4) is 11.4 Å². The first-order valence-corrected chi connectivity index (χ1v) is 6.39. The summed E-state index contributed by atoms with van der Waals surface area (Å²) in [4.78, 5) is 0. The van der Waals surface area contributed by atoms with Crippen LogP contribution in [0.3, 0.4) is 0 Å². The van der Waals surface area contributed by atoms with Gasteiger partial charge in [0.1, 0.15) is 11.6 Å². The minimum atomic E-state index is -0.279. The Kier molecular flexibility index (Phi) is 3.97. The van der Waals surface area contributed by atoms with E-state index in [0.717, 1.165) is 12.1 Å². The molecule has 0 bridgehead atoms. The van der Waals surface area contributed by atoms with Gasteiger partial charge in [0.05, 0.1) is 5.88 Å². The zero-order valence-electron chi connectivity index (χ0n) is 10.4. The highest BCUT2D eigenvalue weighted by Crippen LogP contribution is 2.21. The van der Waals surface area contributed by atoms with Gasteiger partial charge in [-0.05, 0) is 18.1 Å². The van der Waals surface area contributed by atoms with Crippen LogP contribution in [0.5, 0.6) is 0 Å². The van der Waals surface area contributed by atoms with Gasteiger partial charge in [-0.25, -0.2) is 4.39 Å². The highest BCUT2D eigenvalue weighted by atomic mass is 35.5.